The van der Waals surface area contributed by atoms with Crippen LogP contribution in [0.15, 0.2) is 97.6 Å². The Bertz CT molecular complexity index is 1010. The van der Waals surface area contributed by atoms with Gasteiger partial charge in [-0.15, -0.1) is 0 Å². The second-order valence-electron chi connectivity index (χ2n) is 7.85. The Morgan fingerprint density at radius 1 is 0.919 bits per heavy atom. The molecule has 2 N–H and O–H groups in total. The molecule has 1 unspecified atom stereocenters. The van der Waals surface area contributed by atoms with Gasteiger partial charge in [0.25, 0.3) is 0 Å². The third-order valence-electron chi connectivity index (χ3n) is 4.99. The monoisotopic (exact) mass is 506 g/mol. The van der Waals surface area contributed by atoms with Crippen LogP contribution in [0.2, 0.25) is 0 Å². The summed E-state index contributed by atoms with van der Waals surface area (Å²) in [6.07, 6.45) is 11.1. The normalized spacial score (nSPS) is 11.1. The first-order valence-electron chi connectivity index (χ1n) is 12.1. The van der Waals surface area contributed by atoms with E-state index in [1.165, 1.54) is 30.6 Å². The number of benzene rings is 2. The first kappa shape index (κ1) is 32.8. The van der Waals surface area contributed by atoms with Gasteiger partial charge in [0, 0.05) is 12.2 Å². The Morgan fingerprint density at radius 3 is 1.89 bits per heavy atom. The van der Waals surface area contributed by atoms with E-state index >= 15 is 0 Å². The highest BCUT2D eigenvalue weighted by Crippen LogP contribution is 2.12. The number of carbonyl (C=O) groups excluding carboxylic acids is 1. The molecule has 0 aliphatic heterocycles. The molecule has 0 radical (unpaired) electrons. The van der Waals surface area contributed by atoms with Crippen LogP contribution in [-0.2, 0) is 19.1 Å². The molecule has 0 amide bonds. The Morgan fingerprint density at radius 2 is 1.49 bits per heavy atom. The molecule has 0 heterocycles. The zero-order valence-electron chi connectivity index (χ0n) is 21.7. The predicted molar refractivity (Wildman–Crippen MR) is 150 cm³/mol. The van der Waals surface area contributed by atoms with E-state index in [9.17, 15) is 14.4 Å². The first-order chi connectivity index (χ1) is 17.8. The van der Waals surface area contributed by atoms with Crippen molar-refractivity contribution in [3.63, 3.8) is 0 Å². The zero-order valence-corrected chi connectivity index (χ0v) is 21.7. The SMILES string of the molecule is C=CC(=O)OCC(CC)CCCC.C=Cc1ccccc1.O=C(O)C=C(C=Cc1ccccc1)C(=O)O. The Hall–Kier alpha value is -4.19. The van der Waals surface area contributed by atoms with Gasteiger partial charge in [0.15, 0.2) is 0 Å². The number of carbonyl (C=O) groups is 3. The smallest absolute Gasteiger partial charge is 0.335 e. The van der Waals surface area contributed by atoms with Gasteiger partial charge in [0.1, 0.15) is 0 Å². The molecule has 0 spiro atoms. The maximum atomic E-state index is 10.8. The van der Waals surface area contributed by atoms with Gasteiger partial charge in [0.05, 0.1) is 12.2 Å². The minimum atomic E-state index is -1.28. The quantitative estimate of drug-likeness (QED) is 0.182. The number of ether oxygens (including phenoxy) is 1. The highest BCUT2D eigenvalue weighted by molar-refractivity contribution is 5.97. The number of rotatable bonds is 12. The van der Waals surface area contributed by atoms with Crippen LogP contribution < -0.4 is 0 Å². The first-order valence-corrected chi connectivity index (χ1v) is 12.1. The fraction of sp³-hybridized carbons (Fsp3) is 0.258. The molecule has 0 bridgehead atoms. The lowest BCUT2D eigenvalue weighted by molar-refractivity contribution is -0.139. The molecule has 2 aromatic rings. The summed E-state index contributed by atoms with van der Waals surface area (Å²) in [5.74, 6) is -2.34. The minimum absolute atomic E-state index is 0.267. The second-order valence-corrected chi connectivity index (χ2v) is 7.85. The average molecular weight is 507 g/mol. The lowest BCUT2D eigenvalue weighted by atomic mass is 10.0. The third-order valence-corrected chi connectivity index (χ3v) is 4.99. The molecule has 0 saturated carbocycles. The van der Waals surface area contributed by atoms with E-state index in [-0.39, 0.29) is 11.5 Å². The van der Waals surface area contributed by atoms with Gasteiger partial charge >= 0.3 is 17.9 Å². The molecule has 0 saturated heterocycles. The summed E-state index contributed by atoms with van der Waals surface area (Å²) >= 11 is 0. The summed E-state index contributed by atoms with van der Waals surface area (Å²) in [6, 6.07) is 19.1. The molecular weight excluding hydrogens is 468 g/mol. The summed E-state index contributed by atoms with van der Waals surface area (Å²) in [4.78, 5) is 31.8. The van der Waals surface area contributed by atoms with E-state index in [0.29, 0.717) is 18.6 Å². The van der Waals surface area contributed by atoms with Crippen LogP contribution in [0, 0.1) is 5.92 Å². The largest absolute Gasteiger partial charge is 0.478 e. The molecular formula is C31H38O6. The Kier molecular flexibility index (Phi) is 18.7. The van der Waals surface area contributed by atoms with Gasteiger partial charge in [0.2, 0.25) is 0 Å². The molecule has 1 atom stereocenters. The number of carboxylic acids is 2. The van der Waals surface area contributed by atoms with E-state index in [2.05, 4.69) is 27.0 Å². The number of hydrogen-bond donors (Lipinski definition) is 2. The highest BCUT2D eigenvalue weighted by Gasteiger charge is 2.07. The lowest BCUT2D eigenvalue weighted by Crippen LogP contribution is -2.12. The molecule has 0 aliphatic carbocycles. The second kappa shape index (κ2) is 21.1. The molecule has 198 valence electrons. The van der Waals surface area contributed by atoms with Gasteiger partial charge in [-0.2, -0.15) is 0 Å². The van der Waals surface area contributed by atoms with Crippen LogP contribution >= 0.6 is 0 Å². The fourth-order valence-corrected chi connectivity index (χ4v) is 2.81. The van der Waals surface area contributed by atoms with Crippen molar-refractivity contribution in [1.29, 1.82) is 0 Å². The molecule has 2 aromatic carbocycles. The standard InChI is InChI=1S/C12H10O4.C11H20O2.C8H8/c13-11(14)8-10(12(15)16)7-6-9-4-2-1-3-5-9;1-4-7-8-10(5-2)9-13-11(12)6-3;1-2-8-6-4-3-5-7-8/h1-8H,(H,13,14)(H,15,16);6,10H,3-5,7-9H2,1-2H3;2-7H,1H2. The number of esters is 1. The third kappa shape index (κ3) is 17.8. The van der Waals surface area contributed by atoms with E-state index in [0.717, 1.165) is 18.4 Å². The average Bonchev–Trinajstić information content (AvgIpc) is 2.92. The van der Waals surface area contributed by atoms with Crippen molar-refractivity contribution < 1.29 is 29.3 Å². The lowest BCUT2D eigenvalue weighted by Gasteiger charge is -2.13. The van der Waals surface area contributed by atoms with Crippen molar-refractivity contribution >= 4 is 30.1 Å². The molecule has 37 heavy (non-hydrogen) atoms. The molecule has 6 heteroatoms. The number of unbranched alkanes of at least 4 members (excludes halogenated alkanes) is 1. The van der Waals surface area contributed by atoms with Crippen molar-refractivity contribution in [3.05, 3.63) is 109 Å². The molecule has 0 aromatic heterocycles. The van der Waals surface area contributed by atoms with Gasteiger partial charge in [-0.1, -0.05) is 119 Å². The van der Waals surface area contributed by atoms with Crippen molar-refractivity contribution in [1.82, 2.24) is 0 Å². The number of hydrogen-bond acceptors (Lipinski definition) is 4. The topological polar surface area (TPSA) is 101 Å². The number of carboxylic acid groups (broad SMARTS) is 2. The van der Waals surface area contributed by atoms with Crippen LogP contribution in [0.4, 0.5) is 0 Å². The van der Waals surface area contributed by atoms with E-state index in [1.54, 1.807) is 30.3 Å². The predicted octanol–water partition coefficient (Wildman–Crippen LogP) is 7.06. The summed E-state index contributed by atoms with van der Waals surface area (Å²) in [6.45, 7) is 11.8. The van der Waals surface area contributed by atoms with Crippen LogP contribution in [0.3, 0.4) is 0 Å². The minimum Gasteiger partial charge on any atom is -0.478 e. The van der Waals surface area contributed by atoms with Crippen LogP contribution in [-0.4, -0.2) is 34.7 Å². The molecule has 0 aliphatic rings. The van der Waals surface area contributed by atoms with Gasteiger partial charge in [-0.25, -0.2) is 14.4 Å². The molecule has 6 nitrogen and oxygen atoms in total. The fourth-order valence-electron chi connectivity index (χ4n) is 2.81. The Balaban J connectivity index is 0.000000554. The number of aliphatic carboxylic acids is 2. The summed E-state index contributed by atoms with van der Waals surface area (Å²) in [5.41, 5.74) is 1.71. The van der Waals surface area contributed by atoms with Crippen LogP contribution in [0.1, 0.15) is 50.7 Å². The van der Waals surface area contributed by atoms with Crippen LogP contribution in [0.25, 0.3) is 12.2 Å². The van der Waals surface area contributed by atoms with Gasteiger partial charge in [-0.3, -0.25) is 0 Å². The van der Waals surface area contributed by atoms with Crippen molar-refractivity contribution in [2.45, 2.75) is 39.5 Å². The molecule has 0 fully saturated rings. The van der Waals surface area contributed by atoms with E-state index in [1.807, 2.05) is 42.5 Å². The maximum absolute atomic E-state index is 10.8. The van der Waals surface area contributed by atoms with Crippen molar-refractivity contribution in [3.8, 4) is 0 Å². The van der Waals surface area contributed by atoms with Gasteiger partial charge < -0.3 is 14.9 Å². The maximum Gasteiger partial charge on any atom is 0.335 e. The van der Waals surface area contributed by atoms with Gasteiger partial charge in [-0.05, 0) is 29.5 Å². The van der Waals surface area contributed by atoms with E-state index in [4.69, 9.17) is 14.9 Å². The van der Waals surface area contributed by atoms with Crippen molar-refractivity contribution in [2.75, 3.05) is 6.61 Å². The van der Waals surface area contributed by atoms with Crippen molar-refractivity contribution in [2.24, 2.45) is 5.92 Å². The molecule has 2 rings (SSSR count). The highest BCUT2D eigenvalue weighted by atomic mass is 16.5. The zero-order chi connectivity index (χ0) is 27.9. The summed E-state index contributed by atoms with van der Waals surface area (Å²) < 4.78 is 4.98. The van der Waals surface area contributed by atoms with E-state index < -0.39 is 11.9 Å². The Labute approximate surface area is 220 Å². The van der Waals surface area contributed by atoms with Crippen LogP contribution in [0.5, 0.6) is 0 Å². The summed E-state index contributed by atoms with van der Waals surface area (Å²) in [5, 5.41) is 17.2. The summed E-state index contributed by atoms with van der Waals surface area (Å²) in [7, 11) is 0.